The smallest absolute Gasteiger partial charge is 0.247 e. The molecule has 0 spiro atoms. The van der Waals surface area contributed by atoms with Gasteiger partial charge in [-0.2, -0.15) is 10.1 Å². The van der Waals surface area contributed by atoms with Crippen molar-refractivity contribution >= 4 is 17.5 Å². The van der Waals surface area contributed by atoms with Crippen molar-refractivity contribution in [2.45, 2.75) is 32.7 Å². The van der Waals surface area contributed by atoms with Gasteiger partial charge in [0.05, 0.1) is 6.20 Å². The summed E-state index contributed by atoms with van der Waals surface area (Å²) in [6.07, 6.45) is 4.18. The maximum atomic E-state index is 4.63. The molecule has 4 rings (SSSR count). The molecule has 2 heterocycles. The average molecular weight is 324 g/mol. The molecule has 6 nitrogen and oxygen atoms in total. The second-order valence-electron chi connectivity index (χ2n) is 6.75. The highest BCUT2D eigenvalue weighted by atomic mass is 15.4. The predicted molar refractivity (Wildman–Crippen MR) is 96.8 cm³/mol. The van der Waals surface area contributed by atoms with Crippen LogP contribution in [0.25, 0.3) is 0 Å². The molecule has 1 aromatic carbocycles. The van der Waals surface area contributed by atoms with E-state index in [9.17, 15) is 0 Å². The van der Waals surface area contributed by atoms with Gasteiger partial charge in [0.25, 0.3) is 0 Å². The lowest BCUT2D eigenvalue weighted by molar-refractivity contribution is 0.634. The van der Waals surface area contributed by atoms with Crippen LogP contribution in [0.15, 0.2) is 24.4 Å². The lowest BCUT2D eigenvalue weighted by atomic mass is 10.1. The highest BCUT2D eigenvalue weighted by Crippen LogP contribution is 2.26. The van der Waals surface area contributed by atoms with Crippen LogP contribution in [0.2, 0.25) is 0 Å². The van der Waals surface area contributed by atoms with Gasteiger partial charge in [-0.15, -0.1) is 5.10 Å². The number of hydrogen-bond donors (Lipinski definition) is 1. The SMILES string of the molecule is Cc1cccc(N2CCN(c3nncc(NC4CC4)n3)CC2)c1C. The van der Waals surface area contributed by atoms with Gasteiger partial charge in [0.1, 0.15) is 0 Å². The summed E-state index contributed by atoms with van der Waals surface area (Å²) in [6, 6.07) is 7.11. The fourth-order valence-corrected chi connectivity index (χ4v) is 3.16. The molecule has 0 bridgehead atoms. The number of anilines is 3. The molecule has 24 heavy (non-hydrogen) atoms. The van der Waals surface area contributed by atoms with Crippen molar-refractivity contribution in [3.8, 4) is 0 Å². The van der Waals surface area contributed by atoms with E-state index in [1.165, 1.54) is 29.7 Å². The summed E-state index contributed by atoms with van der Waals surface area (Å²) in [6.45, 7) is 8.18. The molecule has 1 saturated heterocycles. The number of piperazine rings is 1. The van der Waals surface area contributed by atoms with Gasteiger partial charge in [-0.1, -0.05) is 12.1 Å². The van der Waals surface area contributed by atoms with Gasteiger partial charge in [0.2, 0.25) is 5.95 Å². The van der Waals surface area contributed by atoms with Crippen molar-refractivity contribution in [1.82, 2.24) is 15.2 Å². The monoisotopic (exact) mass is 324 g/mol. The Morgan fingerprint density at radius 2 is 1.79 bits per heavy atom. The molecule has 0 amide bonds. The largest absolute Gasteiger partial charge is 0.368 e. The minimum absolute atomic E-state index is 0.579. The Bertz CT molecular complexity index is 719. The molecule has 6 heteroatoms. The van der Waals surface area contributed by atoms with E-state index in [4.69, 9.17) is 0 Å². The van der Waals surface area contributed by atoms with Crippen LogP contribution in [-0.4, -0.2) is 47.4 Å². The predicted octanol–water partition coefficient (Wildman–Crippen LogP) is 2.39. The number of nitrogens with zero attached hydrogens (tertiary/aromatic N) is 5. The van der Waals surface area contributed by atoms with Crippen molar-refractivity contribution in [2.24, 2.45) is 0 Å². The number of hydrogen-bond acceptors (Lipinski definition) is 6. The summed E-state index contributed by atoms with van der Waals surface area (Å²) in [4.78, 5) is 9.31. The summed E-state index contributed by atoms with van der Waals surface area (Å²) in [5, 5.41) is 11.7. The maximum Gasteiger partial charge on any atom is 0.247 e. The molecule has 0 unspecified atom stereocenters. The molecule has 1 aliphatic carbocycles. The summed E-state index contributed by atoms with van der Waals surface area (Å²) in [7, 11) is 0. The first-order valence-corrected chi connectivity index (χ1v) is 8.73. The van der Waals surface area contributed by atoms with Crippen molar-refractivity contribution < 1.29 is 0 Å². The van der Waals surface area contributed by atoms with Crippen molar-refractivity contribution in [3.63, 3.8) is 0 Å². The highest BCUT2D eigenvalue weighted by molar-refractivity contribution is 5.57. The normalized spacial score (nSPS) is 17.9. The van der Waals surface area contributed by atoms with Crippen LogP contribution in [0.5, 0.6) is 0 Å². The summed E-state index contributed by atoms with van der Waals surface area (Å²) in [5.41, 5.74) is 4.07. The van der Waals surface area contributed by atoms with Crippen LogP contribution in [0.1, 0.15) is 24.0 Å². The molecule has 2 aliphatic rings. The number of benzene rings is 1. The van der Waals surface area contributed by atoms with E-state index in [2.05, 4.69) is 62.3 Å². The van der Waals surface area contributed by atoms with Crippen molar-refractivity contribution in [2.75, 3.05) is 41.3 Å². The third-order valence-electron chi connectivity index (χ3n) is 4.96. The third-order valence-corrected chi connectivity index (χ3v) is 4.96. The quantitative estimate of drug-likeness (QED) is 0.932. The minimum Gasteiger partial charge on any atom is -0.368 e. The van der Waals surface area contributed by atoms with Crippen LogP contribution < -0.4 is 15.1 Å². The van der Waals surface area contributed by atoms with Crippen LogP contribution >= 0.6 is 0 Å². The molecule has 2 fully saturated rings. The summed E-state index contributed by atoms with van der Waals surface area (Å²) >= 11 is 0. The standard InChI is InChI=1S/C18H24N6/c1-13-4-3-5-16(14(13)2)23-8-10-24(11-9-23)18-21-17(12-19-22-18)20-15-6-7-15/h3-5,12,15H,6-11H2,1-2H3,(H,20,21,22). The van der Waals surface area contributed by atoms with Crippen LogP contribution in [0.3, 0.4) is 0 Å². The summed E-state index contributed by atoms with van der Waals surface area (Å²) < 4.78 is 0. The molecule has 0 atom stereocenters. The zero-order valence-corrected chi connectivity index (χ0v) is 14.4. The van der Waals surface area contributed by atoms with E-state index in [-0.39, 0.29) is 0 Å². The van der Waals surface area contributed by atoms with Crippen LogP contribution in [0, 0.1) is 13.8 Å². The lowest BCUT2D eigenvalue weighted by Crippen LogP contribution is -2.47. The zero-order valence-electron chi connectivity index (χ0n) is 14.4. The number of rotatable bonds is 4. The second kappa shape index (κ2) is 6.26. The molecule has 2 aromatic rings. The van der Waals surface area contributed by atoms with E-state index < -0.39 is 0 Å². The van der Waals surface area contributed by atoms with Crippen molar-refractivity contribution in [1.29, 1.82) is 0 Å². The van der Waals surface area contributed by atoms with E-state index in [1.54, 1.807) is 6.20 Å². The second-order valence-corrected chi connectivity index (χ2v) is 6.75. The van der Waals surface area contributed by atoms with Gasteiger partial charge < -0.3 is 15.1 Å². The molecular weight excluding hydrogens is 300 g/mol. The maximum absolute atomic E-state index is 4.63. The molecule has 1 aromatic heterocycles. The summed E-state index contributed by atoms with van der Waals surface area (Å²) in [5.74, 6) is 1.58. The number of aromatic nitrogens is 3. The van der Waals surface area contributed by atoms with E-state index in [0.29, 0.717) is 6.04 Å². The first-order valence-electron chi connectivity index (χ1n) is 8.73. The van der Waals surface area contributed by atoms with E-state index in [1.807, 2.05) is 0 Å². The molecule has 126 valence electrons. The van der Waals surface area contributed by atoms with Gasteiger partial charge in [-0.05, 0) is 43.9 Å². The molecular formula is C18H24N6. The molecule has 1 saturated carbocycles. The fourth-order valence-electron chi connectivity index (χ4n) is 3.16. The van der Waals surface area contributed by atoms with Gasteiger partial charge in [0.15, 0.2) is 5.82 Å². The van der Waals surface area contributed by atoms with Crippen LogP contribution in [-0.2, 0) is 0 Å². The minimum atomic E-state index is 0.579. The van der Waals surface area contributed by atoms with Gasteiger partial charge in [-0.25, -0.2) is 0 Å². The van der Waals surface area contributed by atoms with Gasteiger partial charge in [0, 0.05) is 37.9 Å². The first kappa shape index (κ1) is 15.2. The molecule has 1 N–H and O–H groups in total. The van der Waals surface area contributed by atoms with Gasteiger partial charge >= 0.3 is 0 Å². The Morgan fingerprint density at radius 3 is 2.54 bits per heavy atom. The van der Waals surface area contributed by atoms with Crippen LogP contribution in [0.4, 0.5) is 17.5 Å². The number of aryl methyl sites for hydroxylation is 1. The lowest BCUT2D eigenvalue weighted by Gasteiger charge is -2.36. The Kier molecular flexibility index (Phi) is 3.96. The van der Waals surface area contributed by atoms with E-state index in [0.717, 1.165) is 37.9 Å². The van der Waals surface area contributed by atoms with Crippen molar-refractivity contribution in [3.05, 3.63) is 35.5 Å². The average Bonchev–Trinajstić information content (AvgIpc) is 3.42. The Morgan fingerprint density at radius 1 is 1.04 bits per heavy atom. The molecule has 1 aliphatic heterocycles. The van der Waals surface area contributed by atoms with Gasteiger partial charge in [-0.3, -0.25) is 0 Å². The highest BCUT2D eigenvalue weighted by Gasteiger charge is 2.23. The zero-order chi connectivity index (χ0) is 16.5. The first-order chi connectivity index (χ1) is 11.7. The topological polar surface area (TPSA) is 57.2 Å². The number of nitrogens with one attached hydrogen (secondary N) is 1. The fraction of sp³-hybridized carbons (Fsp3) is 0.500. The Labute approximate surface area is 142 Å². The van der Waals surface area contributed by atoms with E-state index >= 15 is 0 Å². The Hall–Kier alpha value is -2.37. The Balaban J connectivity index is 1.43. The molecule has 0 radical (unpaired) electrons. The third kappa shape index (κ3) is 3.13.